The van der Waals surface area contributed by atoms with E-state index in [1.54, 1.807) is 7.05 Å². The molecule has 3 rings (SSSR count). The van der Waals surface area contributed by atoms with Gasteiger partial charge in [-0.2, -0.15) is 0 Å². The monoisotopic (exact) mass is 272 g/mol. The van der Waals surface area contributed by atoms with Crippen molar-refractivity contribution in [1.29, 1.82) is 0 Å². The quantitative estimate of drug-likeness (QED) is 0.914. The number of oxazole rings is 1. The van der Waals surface area contributed by atoms with E-state index in [2.05, 4.69) is 24.4 Å². The van der Waals surface area contributed by atoms with E-state index in [0.29, 0.717) is 11.5 Å². The maximum absolute atomic E-state index is 11.6. The Balaban J connectivity index is 2.01. The predicted octanol–water partition coefficient (Wildman–Crippen LogP) is 2.53. The molecule has 0 radical (unpaired) electrons. The first-order chi connectivity index (χ1) is 9.70. The molecule has 20 heavy (non-hydrogen) atoms. The van der Waals surface area contributed by atoms with Gasteiger partial charge >= 0.3 is 5.76 Å². The normalized spacial score (nSPS) is 20.5. The van der Waals surface area contributed by atoms with Gasteiger partial charge in [0.05, 0.1) is 5.52 Å². The number of nitrogens with one attached hydrogen (secondary N) is 1. The number of aromatic nitrogens is 1. The van der Waals surface area contributed by atoms with Gasteiger partial charge in [0, 0.05) is 13.6 Å². The highest BCUT2D eigenvalue weighted by molar-refractivity contribution is 5.80. The van der Waals surface area contributed by atoms with Crippen molar-refractivity contribution < 1.29 is 4.42 Å². The van der Waals surface area contributed by atoms with Gasteiger partial charge in [-0.3, -0.25) is 4.57 Å². The molecule has 4 nitrogen and oxygen atoms in total. The number of aryl methyl sites for hydroxylation is 1. The molecule has 0 amide bonds. The molecule has 1 aromatic carbocycles. The minimum atomic E-state index is -0.307. The molecule has 1 saturated heterocycles. The Labute approximate surface area is 118 Å². The molecule has 0 aliphatic carbocycles. The summed E-state index contributed by atoms with van der Waals surface area (Å²) in [6, 6.07) is 6.04. The Hall–Kier alpha value is -1.81. The summed E-state index contributed by atoms with van der Waals surface area (Å²) in [6.07, 6.45) is 4.61. The highest BCUT2D eigenvalue weighted by Crippen LogP contribution is 2.30. The molecule has 1 fully saturated rings. The zero-order chi connectivity index (χ0) is 14.1. The average Bonchev–Trinajstić information content (AvgIpc) is 2.76. The Morgan fingerprint density at radius 1 is 1.50 bits per heavy atom. The third-order valence-corrected chi connectivity index (χ3v) is 4.17. The van der Waals surface area contributed by atoms with Crippen LogP contribution in [-0.2, 0) is 7.05 Å². The fourth-order valence-electron chi connectivity index (χ4n) is 3.07. The molecule has 0 saturated carbocycles. The third-order valence-electron chi connectivity index (χ3n) is 4.17. The number of hydrogen-bond acceptors (Lipinski definition) is 3. The van der Waals surface area contributed by atoms with Crippen molar-refractivity contribution in [3.05, 3.63) is 40.4 Å². The van der Waals surface area contributed by atoms with Gasteiger partial charge < -0.3 is 9.73 Å². The fraction of sp³-hybridized carbons (Fsp3) is 0.438. The minimum Gasteiger partial charge on any atom is -0.408 e. The van der Waals surface area contributed by atoms with Gasteiger partial charge in [-0.15, -0.1) is 0 Å². The second-order valence-electron chi connectivity index (χ2n) is 5.40. The van der Waals surface area contributed by atoms with Crippen molar-refractivity contribution in [2.24, 2.45) is 13.0 Å². The highest BCUT2D eigenvalue weighted by atomic mass is 16.4. The third kappa shape index (κ3) is 2.20. The van der Waals surface area contributed by atoms with Crippen molar-refractivity contribution in [3.8, 4) is 0 Å². The van der Waals surface area contributed by atoms with Crippen LogP contribution in [0, 0.1) is 5.92 Å². The van der Waals surface area contributed by atoms with Crippen LogP contribution < -0.4 is 11.1 Å². The Kier molecular flexibility index (Phi) is 3.49. The topological polar surface area (TPSA) is 47.2 Å². The lowest BCUT2D eigenvalue weighted by Crippen LogP contribution is -2.30. The van der Waals surface area contributed by atoms with E-state index in [1.165, 1.54) is 23.0 Å². The number of fused-ring (bicyclic) bond motifs is 1. The van der Waals surface area contributed by atoms with Crippen LogP contribution in [0.2, 0.25) is 0 Å². The second-order valence-corrected chi connectivity index (χ2v) is 5.40. The van der Waals surface area contributed by atoms with E-state index in [9.17, 15) is 4.79 Å². The summed E-state index contributed by atoms with van der Waals surface area (Å²) in [6.45, 7) is 4.21. The van der Waals surface area contributed by atoms with Crippen LogP contribution in [0.1, 0.15) is 25.3 Å². The van der Waals surface area contributed by atoms with Gasteiger partial charge in [-0.05, 0) is 55.5 Å². The van der Waals surface area contributed by atoms with Crippen LogP contribution in [0.3, 0.4) is 0 Å². The minimum absolute atomic E-state index is 0.307. The van der Waals surface area contributed by atoms with E-state index in [1.807, 2.05) is 12.1 Å². The number of hydrogen-bond donors (Lipinski definition) is 1. The molecular weight excluding hydrogens is 252 g/mol. The Morgan fingerprint density at radius 2 is 2.35 bits per heavy atom. The second kappa shape index (κ2) is 5.29. The largest absolute Gasteiger partial charge is 0.419 e. The van der Waals surface area contributed by atoms with Gasteiger partial charge in [-0.1, -0.05) is 12.1 Å². The molecule has 1 aliphatic heterocycles. The maximum atomic E-state index is 11.6. The molecule has 2 heterocycles. The molecule has 1 aromatic heterocycles. The van der Waals surface area contributed by atoms with Crippen LogP contribution in [0.15, 0.2) is 33.5 Å². The molecule has 4 heteroatoms. The molecule has 0 spiro atoms. The summed E-state index contributed by atoms with van der Waals surface area (Å²) >= 11 is 0. The number of allylic oxidation sites excluding steroid dienone is 1. The van der Waals surface area contributed by atoms with Gasteiger partial charge in [0.1, 0.15) is 0 Å². The number of piperidine rings is 1. The van der Waals surface area contributed by atoms with Crippen molar-refractivity contribution in [3.63, 3.8) is 0 Å². The Bertz CT molecular complexity index is 703. The first kappa shape index (κ1) is 13.2. The Morgan fingerprint density at radius 3 is 3.05 bits per heavy atom. The highest BCUT2D eigenvalue weighted by Gasteiger charge is 2.19. The molecule has 0 bridgehead atoms. The van der Waals surface area contributed by atoms with E-state index in [-0.39, 0.29) is 5.76 Å². The summed E-state index contributed by atoms with van der Waals surface area (Å²) in [4.78, 5) is 11.6. The van der Waals surface area contributed by atoms with E-state index in [4.69, 9.17) is 4.42 Å². The lowest BCUT2D eigenvalue weighted by molar-refractivity contribution is 0.448. The van der Waals surface area contributed by atoms with Crippen LogP contribution in [-0.4, -0.2) is 17.7 Å². The van der Waals surface area contributed by atoms with Crippen molar-refractivity contribution in [1.82, 2.24) is 9.88 Å². The zero-order valence-electron chi connectivity index (χ0n) is 12.0. The van der Waals surface area contributed by atoms with Crippen molar-refractivity contribution in [2.75, 3.05) is 13.1 Å². The van der Waals surface area contributed by atoms with Gasteiger partial charge in [0.2, 0.25) is 0 Å². The van der Waals surface area contributed by atoms with Gasteiger partial charge in [0.15, 0.2) is 5.58 Å². The molecule has 106 valence electrons. The van der Waals surface area contributed by atoms with E-state index in [0.717, 1.165) is 24.2 Å². The van der Waals surface area contributed by atoms with Crippen LogP contribution in [0.4, 0.5) is 0 Å². The standard InChI is InChI=1S/C16H20N2O2/c1-3-13(12-5-4-8-17-10-12)11-6-7-14-15(9-11)20-16(19)18(14)2/h3,6-7,9,12,17H,4-5,8,10H2,1-2H3/b13-3+. The summed E-state index contributed by atoms with van der Waals surface area (Å²) in [5, 5.41) is 3.45. The molecule has 1 unspecified atom stereocenters. The smallest absolute Gasteiger partial charge is 0.408 e. The lowest BCUT2D eigenvalue weighted by Gasteiger charge is -2.25. The summed E-state index contributed by atoms with van der Waals surface area (Å²) in [5.74, 6) is 0.236. The number of nitrogens with zero attached hydrogens (tertiary/aromatic N) is 1. The van der Waals surface area contributed by atoms with Crippen LogP contribution in [0.5, 0.6) is 0 Å². The zero-order valence-corrected chi connectivity index (χ0v) is 12.0. The van der Waals surface area contributed by atoms with Gasteiger partial charge in [-0.25, -0.2) is 4.79 Å². The van der Waals surface area contributed by atoms with Crippen LogP contribution >= 0.6 is 0 Å². The van der Waals surface area contributed by atoms with Gasteiger partial charge in [0.25, 0.3) is 0 Å². The van der Waals surface area contributed by atoms with E-state index < -0.39 is 0 Å². The molecular formula is C16H20N2O2. The molecule has 1 atom stereocenters. The van der Waals surface area contributed by atoms with Crippen molar-refractivity contribution in [2.45, 2.75) is 19.8 Å². The van der Waals surface area contributed by atoms with Crippen molar-refractivity contribution >= 4 is 16.7 Å². The molecule has 2 aromatic rings. The SMILES string of the molecule is C/C=C(\c1ccc2c(c1)oc(=O)n2C)C1CCCNC1. The predicted molar refractivity (Wildman–Crippen MR) is 80.7 cm³/mol. The first-order valence-corrected chi connectivity index (χ1v) is 7.17. The first-order valence-electron chi connectivity index (χ1n) is 7.17. The summed E-state index contributed by atoms with van der Waals surface area (Å²) in [5.41, 5.74) is 4.00. The van der Waals surface area contributed by atoms with Crippen LogP contribution in [0.25, 0.3) is 16.7 Å². The number of benzene rings is 1. The lowest BCUT2D eigenvalue weighted by atomic mass is 9.86. The number of rotatable bonds is 2. The average molecular weight is 272 g/mol. The summed E-state index contributed by atoms with van der Waals surface area (Å²) in [7, 11) is 1.73. The maximum Gasteiger partial charge on any atom is 0.419 e. The summed E-state index contributed by atoms with van der Waals surface area (Å²) < 4.78 is 6.82. The fourth-order valence-corrected chi connectivity index (χ4v) is 3.07. The van der Waals surface area contributed by atoms with E-state index >= 15 is 0 Å². The molecule has 1 N–H and O–H groups in total. The molecule has 1 aliphatic rings.